The lowest BCUT2D eigenvalue weighted by Gasteiger charge is -2.66. The predicted octanol–water partition coefficient (Wildman–Crippen LogP) is 9.16. The smallest absolute Gasteiger partial charge is 0.303 e. The van der Waals surface area contributed by atoms with Gasteiger partial charge in [0.15, 0.2) is 0 Å². The monoisotopic (exact) mass is 424 g/mol. The second-order valence-electron chi connectivity index (χ2n) is 10.8. The summed E-state index contributed by atoms with van der Waals surface area (Å²) in [5.74, 6) is -0.657. The summed E-state index contributed by atoms with van der Waals surface area (Å²) >= 11 is 0. The van der Waals surface area contributed by atoms with Gasteiger partial charge in [-0.3, -0.25) is 4.79 Å². The highest BCUT2D eigenvalue weighted by Crippen LogP contribution is 2.71. The van der Waals surface area contributed by atoms with E-state index in [2.05, 4.69) is 0 Å². The number of alkyl halides is 1. The standard InChI is InChI=1S/C27H49FO2/c28-27-22-26(23-27,24-27)21-19-17-15-13-11-9-7-5-3-1-2-4-6-8-10-12-14-16-18-20-25(29)30/h1-24H2,(H,29,30). The third-order valence-corrected chi connectivity index (χ3v) is 7.67. The average molecular weight is 425 g/mol. The molecule has 3 aliphatic rings. The lowest BCUT2D eigenvalue weighted by molar-refractivity contribution is -0.217. The third kappa shape index (κ3) is 10.6. The molecule has 3 aliphatic carbocycles. The molecule has 0 spiro atoms. The molecule has 0 atom stereocenters. The zero-order valence-electron chi connectivity index (χ0n) is 19.7. The Morgan fingerprint density at radius 1 is 0.567 bits per heavy atom. The van der Waals surface area contributed by atoms with Crippen LogP contribution in [0.15, 0.2) is 0 Å². The fourth-order valence-corrected chi connectivity index (χ4v) is 5.91. The predicted molar refractivity (Wildman–Crippen MR) is 125 cm³/mol. The molecule has 0 unspecified atom stereocenters. The van der Waals surface area contributed by atoms with Gasteiger partial charge in [0.25, 0.3) is 0 Å². The van der Waals surface area contributed by atoms with E-state index in [9.17, 15) is 9.18 Å². The van der Waals surface area contributed by atoms with E-state index < -0.39 is 11.6 Å². The van der Waals surface area contributed by atoms with Crippen LogP contribution in [-0.2, 0) is 4.79 Å². The fourth-order valence-electron chi connectivity index (χ4n) is 5.91. The van der Waals surface area contributed by atoms with Gasteiger partial charge in [0, 0.05) is 6.42 Å². The van der Waals surface area contributed by atoms with Crippen LogP contribution in [0, 0.1) is 5.41 Å². The SMILES string of the molecule is O=C(O)CCCCCCCCCCCCCCCCCCCCCC12CC(F)(C1)C2. The van der Waals surface area contributed by atoms with Gasteiger partial charge in [-0.05, 0) is 37.5 Å². The Hall–Kier alpha value is -0.600. The van der Waals surface area contributed by atoms with Crippen molar-refractivity contribution in [1.82, 2.24) is 0 Å². The van der Waals surface area contributed by atoms with Gasteiger partial charge in [-0.25, -0.2) is 4.39 Å². The van der Waals surface area contributed by atoms with Gasteiger partial charge >= 0.3 is 5.97 Å². The van der Waals surface area contributed by atoms with E-state index in [4.69, 9.17) is 5.11 Å². The van der Waals surface area contributed by atoms with E-state index >= 15 is 0 Å². The highest BCUT2D eigenvalue weighted by atomic mass is 19.1. The van der Waals surface area contributed by atoms with Crippen molar-refractivity contribution in [1.29, 1.82) is 0 Å². The van der Waals surface area contributed by atoms with E-state index in [1.807, 2.05) is 0 Å². The van der Waals surface area contributed by atoms with E-state index in [0.717, 1.165) is 32.1 Å². The van der Waals surface area contributed by atoms with Crippen LogP contribution in [0.2, 0.25) is 0 Å². The van der Waals surface area contributed by atoms with Crippen molar-refractivity contribution in [3.63, 3.8) is 0 Å². The van der Waals surface area contributed by atoms with E-state index in [-0.39, 0.29) is 0 Å². The summed E-state index contributed by atoms with van der Waals surface area (Å²) in [5.41, 5.74) is -0.230. The van der Waals surface area contributed by atoms with Gasteiger partial charge in [0.05, 0.1) is 0 Å². The first-order chi connectivity index (χ1) is 14.5. The molecule has 0 aromatic heterocycles. The maximum Gasteiger partial charge on any atom is 0.303 e. The molecule has 2 nitrogen and oxygen atoms in total. The minimum absolute atomic E-state index is 0.338. The molecule has 0 heterocycles. The molecule has 2 bridgehead atoms. The molecule has 3 rings (SSSR count). The number of unbranched alkanes of at least 4 members (excludes halogenated alkanes) is 18. The van der Waals surface area contributed by atoms with Gasteiger partial charge in [0.2, 0.25) is 0 Å². The van der Waals surface area contributed by atoms with E-state index in [1.54, 1.807) is 0 Å². The van der Waals surface area contributed by atoms with Gasteiger partial charge in [0.1, 0.15) is 5.67 Å². The normalized spacial score (nSPS) is 24.4. The van der Waals surface area contributed by atoms with Gasteiger partial charge in [-0.15, -0.1) is 0 Å². The summed E-state index contributed by atoms with van der Waals surface area (Å²) in [6, 6.07) is 0. The average Bonchev–Trinajstić information content (AvgIpc) is 2.66. The Balaban J connectivity index is 1.17. The number of carboxylic acid groups (broad SMARTS) is 1. The second-order valence-corrected chi connectivity index (χ2v) is 10.8. The second kappa shape index (κ2) is 14.5. The Morgan fingerprint density at radius 2 is 0.867 bits per heavy atom. The molecule has 30 heavy (non-hydrogen) atoms. The lowest BCUT2D eigenvalue weighted by atomic mass is 9.41. The number of carbonyl (C=O) groups is 1. The summed E-state index contributed by atoms with van der Waals surface area (Å²) in [7, 11) is 0. The van der Waals surface area contributed by atoms with Crippen LogP contribution in [0.3, 0.4) is 0 Å². The molecule has 3 heteroatoms. The minimum atomic E-state index is -0.702. The highest BCUT2D eigenvalue weighted by molar-refractivity contribution is 5.66. The van der Waals surface area contributed by atoms with Crippen LogP contribution in [0.25, 0.3) is 0 Å². The van der Waals surface area contributed by atoms with Gasteiger partial charge in [-0.1, -0.05) is 116 Å². The quantitative estimate of drug-likeness (QED) is 0.176. The molecular formula is C27H49FO2. The van der Waals surface area contributed by atoms with Crippen LogP contribution in [0.4, 0.5) is 4.39 Å². The molecule has 0 amide bonds. The molecule has 0 aromatic rings. The molecule has 3 saturated carbocycles. The zero-order valence-corrected chi connectivity index (χ0v) is 19.7. The van der Waals surface area contributed by atoms with Crippen LogP contribution in [0.1, 0.15) is 154 Å². The van der Waals surface area contributed by atoms with Crippen LogP contribution in [0.5, 0.6) is 0 Å². The summed E-state index contributed by atoms with van der Waals surface area (Å²) < 4.78 is 13.5. The van der Waals surface area contributed by atoms with Crippen molar-refractivity contribution in [3.8, 4) is 0 Å². The van der Waals surface area contributed by atoms with Crippen molar-refractivity contribution in [2.24, 2.45) is 5.41 Å². The Labute approximate surface area is 185 Å². The van der Waals surface area contributed by atoms with E-state index in [0.29, 0.717) is 11.8 Å². The number of rotatable bonds is 22. The molecule has 0 aromatic carbocycles. The first-order valence-electron chi connectivity index (χ1n) is 13.4. The lowest BCUT2D eigenvalue weighted by Crippen LogP contribution is -2.64. The minimum Gasteiger partial charge on any atom is -0.481 e. The maximum absolute atomic E-state index is 13.5. The molecule has 3 fully saturated rings. The zero-order chi connectivity index (χ0) is 21.5. The first kappa shape index (κ1) is 25.7. The van der Waals surface area contributed by atoms with Crippen molar-refractivity contribution in [3.05, 3.63) is 0 Å². The van der Waals surface area contributed by atoms with Crippen LogP contribution < -0.4 is 0 Å². The summed E-state index contributed by atoms with van der Waals surface area (Å²) in [4.78, 5) is 10.4. The number of hydrogen-bond acceptors (Lipinski definition) is 1. The molecule has 1 N–H and O–H groups in total. The first-order valence-corrected chi connectivity index (χ1v) is 13.4. The Bertz CT molecular complexity index is 442. The summed E-state index contributed by atoms with van der Waals surface area (Å²) in [5, 5.41) is 8.59. The number of aliphatic carboxylic acids is 1. The van der Waals surface area contributed by atoms with Gasteiger partial charge < -0.3 is 5.11 Å². The molecule has 0 saturated heterocycles. The van der Waals surface area contributed by atoms with Crippen molar-refractivity contribution in [2.45, 2.75) is 160 Å². The Kier molecular flexibility index (Phi) is 12.4. The van der Waals surface area contributed by atoms with Crippen molar-refractivity contribution in [2.75, 3.05) is 0 Å². The topological polar surface area (TPSA) is 37.3 Å². The van der Waals surface area contributed by atoms with Crippen LogP contribution >= 0.6 is 0 Å². The summed E-state index contributed by atoms with van der Waals surface area (Å²) in [6.07, 6.45) is 29.6. The van der Waals surface area contributed by atoms with Gasteiger partial charge in [-0.2, -0.15) is 0 Å². The van der Waals surface area contributed by atoms with E-state index in [1.165, 1.54) is 116 Å². The number of carboxylic acids is 1. The fraction of sp³-hybridized carbons (Fsp3) is 0.963. The third-order valence-electron chi connectivity index (χ3n) is 7.67. The number of hydrogen-bond donors (Lipinski definition) is 1. The van der Waals surface area contributed by atoms with Crippen molar-refractivity contribution < 1.29 is 14.3 Å². The van der Waals surface area contributed by atoms with Crippen molar-refractivity contribution >= 4 is 5.97 Å². The maximum atomic E-state index is 13.5. The molecule has 0 radical (unpaired) electrons. The highest BCUT2D eigenvalue weighted by Gasteiger charge is 2.68. The summed E-state index contributed by atoms with van der Waals surface area (Å²) in [6.45, 7) is 0. The Morgan fingerprint density at radius 3 is 1.17 bits per heavy atom. The largest absolute Gasteiger partial charge is 0.481 e. The molecule has 0 aliphatic heterocycles. The molecular weight excluding hydrogens is 375 g/mol. The van der Waals surface area contributed by atoms with Crippen LogP contribution in [-0.4, -0.2) is 16.7 Å². The number of halogens is 1. The molecule has 176 valence electrons.